The number of nitrogens with one attached hydrogen (secondary N) is 1. The predicted molar refractivity (Wildman–Crippen MR) is 71.7 cm³/mol. The van der Waals surface area contributed by atoms with E-state index in [0.717, 1.165) is 12.0 Å². The molecule has 1 aromatic rings. The molecule has 0 saturated heterocycles. The van der Waals surface area contributed by atoms with Crippen LogP contribution in [0, 0.1) is 5.92 Å². The summed E-state index contributed by atoms with van der Waals surface area (Å²) < 4.78 is 0. The number of rotatable bonds is 6. The molecule has 2 unspecified atom stereocenters. The van der Waals surface area contributed by atoms with Gasteiger partial charge in [0.1, 0.15) is 11.5 Å². The van der Waals surface area contributed by atoms with Crippen LogP contribution in [0.1, 0.15) is 38.8 Å². The number of aliphatic hydroxyl groups is 1. The molecule has 0 aliphatic heterocycles. The Morgan fingerprint density at radius 3 is 2.33 bits per heavy atom. The van der Waals surface area contributed by atoms with E-state index < -0.39 is 0 Å². The van der Waals surface area contributed by atoms with E-state index in [1.54, 1.807) is 12.1 Å². The molecule has 0 bridgehead atoms. The molecule has 18 heavy (non-hydrogen) atoms. The zero-order chi connectivity index (χ0) is 13.7. The van der Waals surface area contributed by atoms with E-state index in [2.05, 4.69) is 19.2 Å². The van der Waals surface area contributed by atoms with Gasteiger partial charge < -0.3 is 20.6 Å². The molecule has 0 fully saturated rings. The van der Waals surface area contributed by atoms with E-state index in [1.165, 1.54) is 6.07 Å². The number of phenols is 2. The van der Waals surface area contributed by atoms with Gasteiger partial charge in [-0.25, -0.2) is 0 Å². The maximum Gasteiger partial charge on any atom is 0.124 e. The van der Waals surface area contributed by atoms with Gasteiger partial charge in [-0.2, -0.15) is 0 Å². The predicted octanol–water partition coefficient (Wildman–Crippen LogP) is 2.16. The van der Waals surface area contributed by atoms with Crippen LogP contribution < -0.4 is 5.32 Å². The Morgan fingerprint density at radius 1 is 1.17 bits per heavy atom. The molecule has 4 heteroatoms. The molecular weight excluding hydrogens is 230 g/mol. The van der Waals surface area contributed by atoms with Gasteiger partial charge in [0.05, 0.1) is 6.61 Å². The average molecular weight is 253 g/mol. The van der Waals surface area contributed by atoms with Crippen LogP contribution in [0.5, 0.6) is 11.5 Å². The number of hydrogen-bond acceptors (Lipinski definition) is 4. The highest BCUT2D eigenvalue weighted by molar-refractivity contribution is 5.40. The van der Waals surface area contributed by atoms with Gasteiger partial charge in [-0.1, -0.05) is 19.9 Å². The molecule has 0 heterocycles. The fourth-order valence-electron chi connectivity index (χ4n) is 2.11. The van der Waals surface area contributed by atoms with Gasteiger partial charge in [0.25, 0.3) is 0 Å². The van der Waals surface area contributed by atoms with Crippen LogP contribution in [0.15, 0.2) is 18.2 Å². The number of benzene rings is 1. The van der Waals surface area contributed by atoms with Crippen LogP contribution in [-0.4, -0.2) is 28.0 Å². The Morgan fingerprint density at radius 2 is 1.83 bits per heavy atom. The molecular formula is C14H23NO3. The molecule has 4 N–H and O–H groups in total. The number of aliphatic hydroxyl groups excluding tert-OH is 1. The van der Waals surface area contributed by atoms with Crippen LogP contribution in [-0.2, 0) is 0 Å². The zero-order valence-electron chi connectivity index (χ0n) is 11.2. The van der Waals surface area contributed by atoms with Gasteiger partial charge in [-0.05, 0) is 25.3 Å². The summed E-state index contributed by atoms with van der Waals surface area (Å²) in [6.45, 7) is 6.20. The second kappa shape index (κ2) is 6.61. The van der Waals surface area contributed by atoms with Crippen molar-refractivity contribution < 1.29 is 15.3 Å². The van der Waals surface area contributed by atoms with Crippen LogP contribution in [0.4, 0.5) is 0 Å². The summed E-state index contributed by atoms with van der Waals surface area (Å²) in [7, 11) is 0. The van der Waals surface area contributed by atoms with Crippen LogP contribution in [0.25, 0.3) is 0 Å². The van der Waals surface area contributed by atoms with Gasteiger partial charge in [0.15, 0.2) is 0 Å². The van der Waals surface area contributed by atoms with E-state index in [9.17, 15) is 15.3 Å². The van der Waals surface area contributed by atoms with E-state index in [1.807, 2.05) is 6.92 Å². The summed E-state index contributed by atoms with van der Waals surface area (Å²) in [4.78, 5) is 0. The Hall–Kier alpha value is -1.26. The lowest BCUT2D eigenvalue weighted by molar-refractivity contribution is 0.214. The first kappa shape index (κ1) is 14.8. The molecule has 4 nitrogen and oxygen atoms in total. The van der Waals surface area contributed by atoms with E-state index in [4.69, 9.17) is 0 Å². The molecule has 0 aliphatic carbocycles. The normalized spacial score (nSPS) is 14.7. The number of aromatic hydroxyl groups is 2. The van der Waals surface area contributed by atoms with E-state index >= 15 is 0 Å². The largest absolute Gasteiger partial charge is 0.508 e. The van der Waals surface area contributed by atoms with E-state index in [0.29, 0.717) is 5.92 Å². The third-order valence-electron chi connectivity index (χ3n) is 2.94. The van der Waals surface area contributed by atoms with Crippen LogP contribution in [0.2, 0.25) is 0 Å². The average Bonchev–Trinajstić information content (AvgIpc) is 2.27. The third-order valence-corrected chi connectivity index (χ3v) is 2.94. The second-order valence-corrected chi connectivity index (χ2v) is 5.14. The van der Waals surface area contributed by atoms with Crippen LogP contribution in [0.3, 0.4) is 0 Å². The quantitative estimate of drug-likeness (QED) is 0.627. The van der Waals surface area contributed by atoms with Crippen molar-refractivity contribution in [3.63, 3.8) is 0 Å². The summed E-state index contributed by atoms with van der Waals surface area (Å²) in [5.41, 5.74) is 0.718. The Balaban J connectivity index is 2.71. The highest BCUT2D eigenvalue weighted by Gasteiger charge is 2.16. The van der Waals surface area contributed by atoms with Crippen molar-refractivity contribution in [2.45, 2.75) is 39.3 Å². The maximum absolute atomic E-state index is 9.77. The van der Waals surface area contributed by atoms with Gasteiger partial charge in [0, 0.05) is 23.7 Å². The fourth-order valence-corrected chi connectivity index (χ4v) is 2.11. The lowest BCUT2D eigenvalue weighted by Crippen LogP contribution is -2.35. The monoisotopic (exact) mass is 253 g/mol. The molecule has 2 atom stereocenters. The fraction of sp³-hybridized carbons (Fsp3) is 0.571. The van der Waals surface area contributed by atoms with Gasteiger partial charge in [-0.15, -0.1) is 0 Å². The van der Waals surface area contributed by atoms with Crippen LogP contribution >= 0.6 is 0 Å². The minimum atomic E-state index is -0.0819. The lowest BCUT2D eigenvalue weighted by Gasteiger charge is -2.24. The van der Waals surface area contributed by atoms with Crippen molar-refractivity contribution >= 4 is 0 Å². The zero-order valence-corrected chi connectivity index (χ0v) is 11.2. The number of phenolic OH excluding ortho intramolecular Hbond substituents is 2. The Bertz CT molecular complexity index is 379. The molecule has 102 valence electrons. The summed E-state index contributed by atoms with van der Waals surface area (Å²) in [6, 6.07) is 4.48. The first-order valence-electron chi connectivity index (χ1n) is 6.32. The summed E-state index contributed by atoms with van der Waals surface area (Å²) >= 11 is 0. The molecule has 0 amide bonds. The van der Waals surface area contributed by atoms with Crippen molar-refractivity contribution in [3.8, 4) is 11.5 Å². The Labute approximate surface area is 108 Å². The molecule has 0 spiro atoms. The van der Waals surface area contributed by atoms with E-state index in [-0.39, 0.29) is 30.2 Å². The highest BCUT2D eigenvalue weighted by Crippen LogP contribution is 2.28. The topological polar surface area (TPSA) is 72.7 Å². The molecule has 0 saturated carbocycles. The molecule has 1 aromatic carbocycles. The standard InChI is InChI=1S/C14H23NO3/c1-9(2)6-11(8-16)15-10(3)13-5-4-12(17)7-14(13)18/h4-5,7,9-11,15-18H,6,8H2,1-3H3. The van der Waals surface area contributed by atoms with Gasteiger partial charge >= 0.3 is 0 Å². The summed E-state index contributed by atoms with van der Waals surface area (Å²) in [6.07, 6.45) is 0.875. The lowest BCUT2D eigenvalue weighted by atomic mass is 10.0. The van der Waals surface area contributed by atoms with Gasteiger partial charge in [0.2, 0.25) is 0 Å². The smallest absolute Gasteiger partial charge is 0.124 e. The SMILES string of the molecule is CC(C)CC(CO)NC(C)c1ccc(O)cc1O. The van der Waals surface area contributed by atoms with Crippen molar-refractivity contribution in [2.24, 2.45) is 5.92 Å². The molecule has 0 aliphatic rings. The highest BCUT2D eigenvalue weighted by atomic mass is 16.3. The first-order chi connectivity index (χ1) is 8.43. The molecule has 1 rings (SSSR count). The third kappa shape index (κ3) is 4.20. The maximum atomic E-state index is 9.77. The summed E-state index contributed by atoms with van der Waals surface area (Å²) in [5, 5.41) is 31.6. The van der Waals surface area contributed by atoms with Crippen molar-refractivity contribution in [3.05, 3.63) is 23.8 Å². The minimum absolute atomic E-state index is 0.00760. The second-order valence-electron chi connectivity index (χ2n) is 5.14. The Kier molecular flexibility index (Phi) is 5.44. The van der Waals surface area contributed by atoms with Crippen molar-refractivity contribution in [1.82, 2.24) is 5.32 Å². The first-order valence-corrected chi connectivity index (χ1v) is 6.32. The molecule has 0 radical (unpaired) electrons. The van der Waals surface area contributed by atoms with Gasteiger partial charge in [-0.3, -0.25) is 0 Å². The molecule has 0 aromatic heterocycles. The van der Waals surface area contributed by atoms with Crippen molar-refractivity contribution in [1.29, 1.82) is 0 Å². The number of hydrogen-bond donors (Lipinski definition) is 4. The van der Waals surface area contributed by atoms with Crippen molar-refractivity contribution in [2.75, 3.05) is 6.61 Å². The summed E-state index contributed by atoms with van der Waals surface area (Å²) in [5.74, 6) is 0.607. The minimum Gasteiger partial charge on any atom is -0.508 e.